The summed E-state index contributed by atoms with van der Waals surface area (Å²) in [5.41, 5.74) is 1.26. The van der Waals surface area contributed by atoms with Gasteiger partial charge in [-0.15, -0.1) is 0 Å². The highest BCUT2D eigenvalue weighted by Gasteiger charge is 2.29. The van der Waals surface area contributed by atoms with Gasteiger partial charge in [0.05, 0.1) is 6.61 Å². The van der Waals surface area contributed by atoms with Crippen LogP contribution < -0.4 is 5.32 Å². The van der Waals surface area contributed by atoms with Gasteiger partial charge in [-0.05, 0) is 37.8 Å². The summed E-state index contributed by atoms with van der Waals surface area (Å²) in [5.74, 6) is 0.908. The van der Waals surface area contributed by atoms with Crippen molar-refractivity contribution >= 4 is 0 Å². The Hall–Kier alpha value is -0.860. The maximum atomic E-state index is 5.69. The average Bonchev–Trinajstić information content (AvgIpc) is 3.15. The van der Waals surface area contributed by atoms with Crippen LogP contribution >= 0.6 is 0 Å². The van der Waals surface area contributed by atoms with E-state index in [0.29, 0.717) is 6.04 Å². The Morgan fingerprint density at radius 2 is 2.06 bits per heavy atom. The predicted octanol–water partition coefficient (Wildman–Crippen LogP) is 2.59. The Balaban J connectivity index is 1.61. The number of nitrogens with one attached hydrogen (secondary N) is 1. The molecule has 2 heteroatoms. The first-order chi connectivity index (χ1) is 7.90. The third kappa shape index (κ3) is 3.62. The van der Waals surface area contributed by atoms with E-state index in [1.165, 1.54) is 18.4 Å². The average molecular weight is 219 g/mol. The summed E-state index contributed by atoms with van der Waals surface area (Å²) in [6.45, 7) is 1.60. The summed E-state index contributed by atoms with van der Waals surface area (Å²) in [6, 6.07) is 11.0. The van der Waals surface area contributed by atoms with E-state index in [1.54, 1.807) is 0 Å². The van der Waals surface area contributed by atoms with Crippen LogP contribution in [0.4, 0.5) is 0 Å². The normalized spacial score (nSPS) is 17.3. The Bertz CT molecular complexity index is 295. The summed E-state index contributed by atoms with van der Waals surface area (Å²) in [6.07, 6.45) is 3.92. The standard InChI is InChI=1S/C14H21NO/c1-15-14(13-7-8-13)9-10-16-11-12-5-3-2-4-6-12/h2-6,13-15H,7-11H2,1H3. The minimum Gasteiger partial charge on any atom is -0.377 e. The zero-order chi connectivity index (χ0) is 11.2. The zero-order valence-corrected chi connectivity index (χ0v) is 9.99. The lowest BCUT2D eigenvalue weighted by Gasteiger charge is -2.14. The van der Waals surface area contributed by atoms with E-state index in [4.69, 9.17) is 4.74 Å². The molecule has 0 aliphatic heterocycles. The molecule has 0 amide bonds. The molecule has 1 N–H and O–H groups in total. The number of benzene rings is 1. The van der Waals surface area contributed by atoms with E-state index < -0.39 is 0 Å². The quantitative estimate of drug-likeness (QED) is 0.712. The molecule has 2 nitrogen and oxygen atoms in total. The van der Waals surface area contributed by atoms with Crippen LogP contribution in [0.3, 0.4) is 0 Å². The fourth-order valence-electron chi connectivity index (χ4n) is 2.09. The Kier molecular flexibility index (Phi) is 4.37. The molecule has 0 saturated heterocycles. The molecule has 0 heterocycles. The van der Waals surface area contributed by atoms with Gasteiger partial charge in [0.25, 0.3) is 0 Å². The molecule has 0 aromatic heterocycles. The summed E-state index contributed by atoms with van der Waals surface area (Å²) in [5, 5.41) is 3.38. The van der Waals surface area contributed by atoms with Crippen molar-refractivity contribution < 1.29 is 4.74 Å². The summed E-state index contributed by atoms with van der Waals surface area (Å²) < 4.78 is 5.69. The molecule has 1 aromatic carbocycles. The third-order valence-electron chi connectivity index (χ3n) is 3.25. The van der Waals surface area contributed by atoms with Crippen molar-refractivity contribution in [1.29, 1.82) is 0 Å². The van der Waals surface area contributed by atoms with Crippen LogP contribution in [0, 0.1) is 5.92 Å². The second-order valence-corrected chi connectivity index (χ2v) is 4.56. The lowest BCUT2D eigenvalue weighted by Crippen LogP contribution is -2.28. The van der Waals surface area contributed by atoms with Gasteiger partial charge >= 0.3 is 0 Å². The Labute approximate surface area is 98.0 Å². The van der Waals surface area contributed by atoms with E-state index in [2.05, 4.69) is 36.6 Å². The van der Waals surface area contributed by atoms with Gasteiger partial charge in [-0.3, -0.25) is 0 Å². The molecule has 0 spiro atoms. The van der Waals surface area contributed by atoms with Crippen molar-refractivity contribution in [3.63, 3.8) is 0 Å². The van der Waals surface area contributed by atoms with Gasteiger partial charge in [0.15, 0.2) is 0 Å². The molecule has 1 saturated carbocycles. The van der Waals surface area contributed by atoms with Gasteiger partial charge in [0.2, 0.25) is 0 Å². The highest BCUT2D eigenvalue weighted by molar-refractivity contribution is 5.13. The first kappa shape index (κ1) is 11.6. The van der Waals surface area contributed by atoms with Crippen LogP contribution in [0.1, 0.15) is 24.8 Å². The summed E-state index contributed by atoms with van der Waals surface area (Å²) in [4.78, 5) is 0. The molecule has 0 radical (unpaired) electrons. The number of hydrogen-bond donors (Lipinski definition) is 1. The molecule has 88 valence electrons. The maximum absolute atomic E-state index is 5.69. The van der Waals surface area contributed by atoms with Gasteiger partial charge < -0.3 is 10.1 Å². The number of ether oxygens (including phenoxy) is 1. The molecule has 0 bridgehead atoms. The van der Waals surface area contributed by atoms with E-state index >= 15 is 0 Å². The number of hydrogen-bond acceptors (Lipinski definition) is 2. The topological polar surface area (TPSA) is 21.3 Å². The highest BCUT2D eigenvalue weighted by Crippen LogP contribution is 2.33. The molecule has 1 aliphatic carbocycles. The lowest BCUT2D eigenvalue weighted by atomic mass is 10.1. The largest absolute Gasteiger partial charge is 0.377 e. The van der Waals surface area contributed by atoms with Gasteiger partial charge in [0, 0.05) is 12.6 Å². The van der Waals surface area contributed by atoms with E-state index in [1.807, 2.05) is 6.07 Å². The van der Waals surface area contributed by atoms with Crippen molar-refractivity contribution in [2.45, 2.75) is 31.9 Å². The molecule has 2 rings (SSSR count). The molecule has 1 fully saturated rings. The van der Waals surface area contributed by atoms with E-state index in [9.17, 15) is 0 Å². The minimum absolute atomic E-state index is 0.663. The zero-order valence-electron chi connectivity index (χ0n) is 9.99. The molecule has 1 aromatic rings. The van der Waals surface area contributed by atoms with Crippen molar-refractivity contribution in [2.75, 3.05) is 13.7 Å². The van der Waals surface area contributed by atoms with Crippen molar-refractivity contribution in [3.05, 3.63) is 35.9 Å². The molecule has 1 unspecified atom stereocenters. The first-order valence-corrected chi connectivity index (χ1v) is 6.19. The van der Waals surface area contributed by atoms with Crippen LogP contribution in [0.5, 0.6) is 0 Å². The van der Waals surface area contributed by atoms with Gasteiger partial charge in [-0.25, -0.2) is 0 Å². The predicted molar refractivity (Wildman–Crippen MR) is 66.3 cm³/mol. The van der Waals surface area contributed by atoms with Crippen LogP contribution in [0.15, 0.2) is 30.3 Å². The lowest BCUT2D eigenvalue weighted by molar-refractivity contribution is 0.110. The van der Waals surface area contributed by atoms with Crippen molar-refractivity contribution in [1.82, 2.24) is 5.32 Å². The Morgan fingerprint density at radius 1 is 1.31 bits per heavy atom. The Morgan fingerprint density at radius 3 is 2.69 bits per heavy atom. The van der Waals surface area contributed by atoms with Crippen LogP contribution in [-0.2, 0) is 11.3 Å². The monoisotopic (exact) mass is 219 g/mol. The second-order valence-electron chi connectivity index (χ2n) is 4.56. The number of rotatable bonds is 7. The maximum Gasteiger partial charge on any atom is 0.0716 e. The van der Waals surface area contributed by atoms with E-state index in [0.717, 1.165) is 25.6 Å². The molecule has 16 heavy (non-hydrogen) atoms. The molecule has 1 atom stereocenters. The molecule has 1 aliphatic rings. The SMILES string of the molecule is CNC(CCOCc1ccccc1)C1CC1. The fraction of sp³-hybridized carbons (Fsp3) is 0.571. The van der Waals surface area contributed by atoms with Crippen LogP contribution in [0.2, 0.25) is 0 Å². The first-order valence-electron chi connectivity index (χ1n) is 6.19. The van der Waals surface area contributed by atoms with Crippen molar-refractivity contribution in [2.24, 2.45) is 5.92 Å². The fourth-order valence-corrected chi connectivity index (χ4v) is 2.09. The molecular weight excluding hydrogens is 198 g/mol. The smallest absolute Gasteiger partial charge is 0.0716 e. The van der Waals surface area contributed by atoms with Crippen molar-refractivity contribution in [3.8, 4) is 0 Å². The van der Waals surface area contributed by atoms with E-state index in [-0.39, 0.29) is 0 Å². The highest BCUT2D eigenvalue weighted by atomic mass is 16.5. The van der Waals surface area contributed by atoms with Gasteiger partial charge in [0.1, 0.15) is 0 Å². The minimum atomic E-state index is 0.663. The van der Waals surface area contributed by atoms with Crippen LogP contribution in [0.25, 0.3) is 0 Å². The summed E-state index contributed by atoms with van der Waals surface area (Å²) in [7, 11) is 2.06. The van der Waals surface area contributed by atoms with Crippen LogP contribution in [-0.4, -0.2) is 19.7 Å². The molecular formula is C14H21NO. The third-order valence-corrected chi connectivity index (χ3v) is 3.25. The van der Waals surface area contributed by atoms with Gasteiger partial charge in [-0.1, -0.05) is 30.3 Å². The second kappa shape index (κ2) is 6.02. The van der Waals surface area contributed by atoms with Gasteiger partial charge in [-0.2, -0.15) is 0 Å². The summed E-state index contributed by atoms with van der Waals surface area (Å²) >= 11 is 0.